The van der Waals surface area contributed by atoms with Gasteiger partial charge in [-0.1, -0.05) is 13.0 Å². The number of alkyl halides is 3. The van der Waals surface area contributed by atoms with Crippen molar-refractivity contribution in [3.63, 3.8) is 0 Å². The number of benzene rings is 1. The summed E-state index contributed by atoms with van der Waals surface area (Å²) in [5.41, 5.74) is 0.718. The predicted octanol–water partition coefficient (Wildman–Crippen LogP) is 3.19. The van der Waals surface area contributed by atoms with Crippen molar-refractivity contribution >= 4 is 5.69 Å². The van der Waals surface area contributed by atoms with Crippen LogP contribution in [-0.4, -0.2) is 31.9 Å². The maximum atomic E-state index is 13.2. The molecule has 0 bridgehead atoms. The van der Waals surface area contributed by atoms with Crippen LogP contribution < -0.4 is 10.2 Å². The highest BCUT2D eigenvalue weighted by atomic mass is 19.4. The van der Waals surface area contributed by atoms with Crippen molar-refractivity contribution in [3.05, 3.63) is 30.1 Å². The molecule has 1 aliphatic heterocycles. The SMILES string of the molecule is CC1CC(NCC(F)(F)F)CN(c2cccc(F)c2)C1. The first-order valence-electron chi connectivity index (χ1n) is 6.64. The predicted molar refractivity (Wildman–Crippen MR) is 70.2 cm³/mol. The number of rotatable bonds is 3. The van der Waals surface area contributed by atoms with E-state index in [9.17, 15) is 17.6 Å². The molecule has 1 N–H and O–H groups in total. The van der Waals surface area contributed by atoms with E-state index >= 15 is 0 Å². The molecule has 2 rings (SSSR count). The average Bonchev–Trinajstić information content (AvgIpc) is 2.35. The van der Waals surface area contributed by atoms with Crippen LogP contribution in [0.1, 0.15) is 13.3 Å². The Balaban J connectivity index is 2.01. The van der Waals surface area contributed by atoms with Gasteiger partial charge in [0.15, 0.2) is 0 Å². The maximum absolute atomic E-state index is 13.2. The third kappa shape index (κ3) is 4.37. The number of anilines is 1. The highest BCUT2D eigenvalue weighted by Gasteiger charge is 2.31. The lowest BCUT2D eigenvalue weighted by molar-refractivity contribution is -0.126. The third-order valence-corrected chi connectivity index (χ3v) is 3.42. The number of hydrogen-bond acceptors (Lipinski definition) is 2. The molecule has 0 radical (unpaired) electrons. The minimum absolute atomic E-state index is 0.233. The Kier molecular flexibility index (Phi) is 4.52. The first-order valence-corrected chi connectivity index (χ1v) is 6.64. The first-order chi connectivity index (χ1) is 9.33. The van der Waals surface area contributed by atoms with Crippen LogP contribution in [0.3, 0.4) is 0 Å². The molecule has 2 atom stereocenters. The van der Waals surface area contributed by atoms with Crippen molar-refractivity contribution < 1.29 is 17.6 Å². The van der Waals surface area contributed by atoms with Gasteiger partial charge in [-0.15, -0.1) is 0 Å². The molecule has 1 aromatic rings. The lowest BCUT2D eigenvalue weighted by Gasteiger charge is -2.38. The van der Waals surface area contributed by atoms with Crippen LogP contribution >= 0.6 is 0 Å². The van der Waals surface area contributed by atoms with Crippen LogP contribution in [-0.2, 0) is 0 Å². The number of nitrogens with zero attached hydrogens (tertiary/aromatic N) is 1. The Morgan fingerprint density at radius 1 is 1.30 bits per heavy atom. The number of nitrogens with one attached hydrogen (secondary N) is 1. The lowest BCUT2D eigenvalue weighted by atomic mass is 9.95. The summed E-state index contributed by atoms with van der Waals surface area (Å²) in [5, 5.41) is 2.55. The van der Waals surface area contributed by atoms with Gasteiger partial charge in [-0.2, -0.15) is 13.2 Å². The molecule has 1 fully saturated rings. The van der Waals surface area contributed by atoms with Crippen LogP contribution in [0.25, 0.3) is 0 Å². The molecule has 0 spiro atoms. The zero-order valence-electron chi connectivity index (χ0n) is 11.3. The lowest BCUT2D eigenvalue weighted by Crippen LogP contribution is -2.50. The van der Waals surface area contributed by atoms with Gasteiger partial charge in [-0.3, -0.25) is 0 Å². The van der Waals surface area contributed by atoms with Gasteiger partial charge >= 0.3 is 6.18 Å². The summed E-state index contributed by atoms with van der Waals surface area (Å²) in [4.78, 5) is 1.94. The Morgan fingerprint density at radius 3 is 2.70 bits per heavy atom. The monoisotopic (exact) mass is 290 g/mol. The van der Waals surface area contributed by atoms with E-state index in [0.717, 1.165) is 12.2 Å². The number of halogens is 4. The van der Waals surface area contributed by atoms with Crippen molar-refractivity contribution in [3.8, 4) is 0 Å². The van der Waals surface area contributed by atoms with Crippen molar-refractivity contribution in [2.75, 3.05) is 24.5 Å². The molecule has 0 saturated carbocycles. The summed E-state index contributed by atoms with van der Waals surface area (Å²) in [6, 6.07) is 5.93. The molecule has 0 aliphatic carbocycles. The number of hydrogen-bond donors (Lipinski definition) is 1. The summed E-state index contributed by atoms with van der Waals surface area (Å²) < 4.78 is 50.0. The summed E-state index contributed by atoms with van der Waals surface area (Å²) in [6.45, 7) is 2.20. The van der Waals surface area contributed by atoms with E-state index in [0.29, 0.717) is 13.0 Å². The zero-order chi connectivity index (χ0) is 14.8. The molecule has 1 aromatic carbocycles. The molecule has 2 nitrogen and oxygen atoms in total. The van der Waals surface area contributed by atoms with Gasteiger partial charge in [0.25, 0.3) is 0 Å². The molecule has 6 heteroatoms. The van der Waals surface area contributed by atoms with Gasteiger partial charge in [-0.25, -0.2) is 4.39 Å². The second-order valence-corrected chi connectivity index (χ2v) is 5.42. The van der Waals surface area contributed by atoms with Gasteiger partial charge < -0.3 is 10.2 Å². The smallest absolute Gasteiger partial charge is 0.370 e. The Hall–Kier alpha value is -1.30. The molecule has 0 aromatic heterocycles. The minimum atomic E-state index is -4.20. The van der Waals surface area contributed by atoms with E-state index in [2.05, 4.69) is 5.32 Å². The first kappa shape index (κ1) is 15.1. The van der Waals surface area contributed by atoms with E-state index < -0.39 is 12.7 Å². The molecule has 112 valence electrons. The van der Waals surface area contributed by atoms with E-state index in [1.54, 1.807) is 12.1 Å². The highest BCUT2D eigenvalue weighted by molar-refractivity contribution is 5.47. The summed E-state index contributed by atoms with van der Waals surface area (Å²) in [5.74, 6) is -0.0710. The summed E-state index contributed by atoms with van der Waals surface area (Å²) in [7, 11) is 0. The minimum Gasteiger partial charge on any atom is -0.370 e. The quantitative estimate of drug-likeness (QED) is 0.860. The van der Waals surface area contributed by atoms with E-state index in [1.165, 1.54) is 12.1 Å². The fourth-order valence-corrected chi connectivity index (χ4v) is 2.64. The van der Waals surface area contributed by atoms with E-state index in [4.69, 9.17) is 0 Å². The van der Waals surface area contributed by atoms with E-state index in [-0.39, 0.29) is 17.8 Å². The second kappa shape index (κ2) is 5.99. The fourth-order valence-electron chi connectivity index (χ4n) is 2.64. The van der Waals surface area contributed by atoms with Crippen molar-refractivity contribution in [1.29, 1.82) is 0 Å². The highest BCUT2D eigenvalue weighted by Crippen LogP contribution is 2.24. The van der Waals surface area contributed by atoms with Crippen molar-refractivity contribution in [1.82, 2.24) is 5.32 Å². The average molecular weight is 290 g/mol. The Morgan fingerprint density at radius 2 is 2.05 bits per heavy atom. The Bertz CT molecular complexity index is 447. The molecule has 20 heavy (non-hydrogen) atoms. The molecular formula is C14H18F4N2. The van der Waals surface area contributed by atoms with Gasteiger partial charge in [0.2, 0.25) is 0 Å². The van der Waals surface area contributed by atoms with Crippen LogP contribution in [0.5, 0.6) is 0 Å². The maximum Gasteiger partial charge on any atom is 0.401 e. The molecular weight excluding hydrogens is 272 g/mol. The summed E-state index contributed by atoms with van der Waals surface area (Å²) >= 11 is 0. The standard InChI is InChI=1S/C14H18F4N2/c1-10-5-12(19-9-14(16,17)18)8-20(7-10)13-4-2-3-11(15)6-13/h2-4,6,10,12,19H,5,7-9H2,1H3. The van der Waals surface area contributed by atoms with Crippen LogP contribution in [0.4, 0.5) is 23.2 Å². The summed E-state index contributed by atoms with van der Waals surface area (Å²) in [6.07, 6.45) is -3.51. The van der Waals surface area contributed by atoms with Crippen LogP contribution in [0.2, 0.25) is 0 Å². The molecule has 1 saturated heterocycles. The van der Waals surface area contributed by atoms with Crippen molar-refractivity contribution in [2.45, 2.75) is 25.6 Å². The molecule has 0 amide bonds. The van der Waals surface area contributed by atoms with Gasteiger partial charge in [0.1, 0.15) is 5.82 Å². The van der Waals surface area contributed by atoms with Crippen LogP contribution in [0.15, 0.2) is 24.3 Å². The topological polar surface area (TPSA) is 15.3 Å². The van der Waals surface area contributed by atoms with Gasteiger partial charge in [0.05, 0.1) is 6.54 Å². The normalized spacial score (nSPS) is 23.9. The molecule has 1 aliphatic rings. The molecule has 1 heterocycles. The largest absolute Gasteiger partial charge is 0.401 e. The van der Waals surface area contributed by atoms with Crippen LogP contribution in [0, 0.1) is 11.7 Å². The number of piperidine rings is 1. The fraction of sp³-hybridized carbons (Fsp3) is 0.571. The second-order valence-electron chi connectivity index (χ2n) is 5.42. The zero-order valence-corrected chi connectivity index (χ0v) is 11.3. The van der Waals surface area contributed by atoms with Gasteiger partial charge in [-0.05, 0) is 30.5 Å². The van der Waals surface area contributed by atoms with Crippen molar-refractivity contribution in [2.24, 2.45) is 5.92 Å². The Labute approximate surface area is 115 Å². The molecule has 2 unspecified atom stereocenters. The third-order valence-electron chi connectivity index (χ3n) is 3.42. The van der Waals surface area contributed by atoms with E-state index in [1.807, 2.05) is 11.8 Å². The van der Waals surface area contributed by atoms with Gasteiger partial charge in [0, 0.05) is 24.8 Å².